The van der Waals surface area contributed by atoms with Crippen LogP contribution in [-0.2, 0) is 9.53 Å². The lowest BCUT2D eigenvalue weighted by Gasteiger charge is -2.03. The molecule has 0 saturated heterocycles. The molecule has 0 spiro atoms. The van der Waals surface area contributed by atoms with Gasteiger partial charge in [0.25, 0.3) is 5.56 Å². The minimum Gasteiger partial charge on any atom is -0.465 e. The molecule has 5 nitrogen and oxygen atoms in total. The van der Waals surface area contributed by atoms with Crippen molar-refractivity contribution in [2.24, 2.45) is 0 Å². The van der Waals surface area contributed by atoms with E-state index in [0.717, 1.165) is 17.7 Å². The van der Waals surface area contributed by atoms with Crippen LogP contribution in [0.4, 0.5) is 0 Å². The molecule has 0 saturated carbocycles. The number of hydrogen-bond acceptors (Lipinski definition) is 6. The average Bonchev–Trinajstić information content (AvgIpc) is 2.78. The fourth-order valence-corrected chi connectivity index (χ4v) is 3.20. The van der Waals surface area contributed by atoms with Crippen LogP contribution in [0.1, 0.15) is 24.6 Å². The normalized spacial score (nSPS) is 10.9. The molecule has 0 aliphatic heterocycles. The van der Waals surface area contributed by atoms with Gasteiger partial charge in [-0.15, -0.1) is 11.3 Å². The molecule has 7 heteroatoms. The van der Waals surface area contributed by atoms with E-state index in [2.05, 4.69) is 9.97 Å². The SMILES string of the molecule is CCCCOC(=O)CSc1nc2sc(C)cc2c(=O)[nH]1. The molecule has 2 aromatic rings. The summed E-state index contributed by atoms with van der Waals surface area (Å²) in [5, 5.41) is 1.05. The highest BCUT2D eigenvalue weighted by Crippen LogP contribution is 2.22. The van der Waals surface area contributed by atoms with Gasteiger partial charge in [-0.25, -0.2) is 4.98 Å². The number of unbranched alkanes of at least 4 members (excludes halogenated alkanes) is 1. The molecule has 2 aromatic heterocycles. The van der Waals surface area contributed by atoms with Crippen LogP contribution in [0.25, 0.3) is 10.2 Å². The Kier molecular flexibility index (Phi) is 5.19. The van der Waals surface area contributed by atoms with E-state index in [1.165, 1.54) is 23.1 Å². The number of esters is 1. The molecule has 0 radical (unpaired) electrons. The Hall–Kier alpha value is -1.34. The standard InChI is InChI=1S/C13H16N2O3S2/c1-3-4-5-18-10(16)7-19-13-14-11(17)9-6-8(2)20-12(9)15-13/h6H,3-5,7H2,1-2H3,(H,14,15,17). The number of aryl methyl sites for hydroxylation is 1. The van der Waals surface area contributed by atoms with Gasteiger partial charge in [0.2, 0.25) is 0 Å². The number of nitrogens with zero attached hydrogens (tertiary/aromatic N) is 1. The molecule has 0 aromatic carbocycles. The smallest absolute Gasteiger partial charge is 0.316 e. The number of hydrogen-bond donors (Lipinski definition) is 1. The zero-order valence-corrected chi connectivity index (χ0v) is 13.0. The van der Waals surface area contributed by atoms with E-state index >= 15 is 0 Å². The van der Waals surface area contributed by atoms with Crippen LogP contribution in [0.15, 0.2) is 16.0 Å². The van der Waals surface area contributed by atoms with E-state index in [-0.39, 0.29) is 17.3 Å². The second-order valence-electron chi connectivity index (χ2n) is 4.31. The van der Waals surface area contributed by atoms with Crippen molar-refractivity contribution in [2.75, 3.05) is 12.4 Å². The third-order valence-corrected chi connectivity index (χ3v) is 4.38. The Balaban J connectivity index is 1.99. The van der Waals surface area contributed by atoms with Crippen LogP contribution in [-0.4, -0.2) is 28.3 Å². The summed E-state index contributed by atoms with van der Waals surface area (Å²) in [5.41, 5.74) is -0.166. The lowest BCUT2D eigenvalue weighted by molar-refractivity contribution is -0.140. The minimum atomic E-state index is -0.284. The summed E-state index contributed by atoms with van der Waals surface area (Å²) in [7, 11) is 0. The van der Waals surface area contributed by atoms with Gasteiger partial charge in [-0.1, -0.05) is 25.1 Å². The van der Waals surface area contributed by atoms with Crippen molar-refractivity contribution in [1.29, 1.82) is 0 Å². The third kappa shape index (κ3) is 3.83. The zero-order valence-electron chi connectivity index (χ0n) is 11.4. The van der Waals surface area contributed by atoms with Crippen LogP contribution in [0.2, 0.25) is 0 Å². The number of thiophene rings is 1. The Labute approximate surface area is 124 Å². The van der Waals surface area contributed by atoms with Crippen LogP contribution in [0.5, 0.6) is 0 Å². The maximum absolute atomic E-state index is 11.9. The molecule has 2 heterocycles. The lowest BCUT2D eigenvalue weighted by atomic mass is 10.4. The van der Waals surface area contributed by atoms with Crippen molar-refractivity contribution in [2.45, 2.75) is 31.8 Å². The van der Waals surface area contributed by atoms with Gasteiger partial charge in [0, 0.05) is 4.88 Å². The van der Waals surface area contributed by atoms with Crippen LogP contribution in [0.3, 0.4) is 0 Å². The Bertz CT molecular complexity index is 663. The van der Waals surface area contributed by atoms with Crippen molar-refractivity contribution >= 4 is 39.3 Å². The van der Waals surface area contributed by atoms with Crippen LogP contribution in [0, 0.1) is 6.92 Å². The summed E-state index contributed by atoms with van der Waals surface area (Å²) in [4.78, 5) is 32.1. The second kappa shape index (κ2) is 6.90. The van der Waals surface area contributed by atoms with Gasteiger partial charge in [-0.05, 0) is 19.4 Å². The summed E-state index contributed by atoms with van der Waals surface area (Å²) < 4.78 is 5.05. The fourth-order valence-electron chi connectivity index (χ4n) is 1.60. The summed E-state index contributed by atoms with van der Waals surface area (Å²) in [6.45, 7) is 4.42. The lowest BCUT2D eigenvalue weighted by Crippen LogP contribution is -2.11. The molecule has 0 unspecified atom stereocenters. The van der Waals surface area contributed by atoms with Crippen molar-refractivity contribution in [3.63, 3.8) is 0 Å². The number of nitrogens with one attached hydrogen (secondary N) is 1. The van der Waals surface area contributed by atoms with E-state index < -0.39 is 0 Å². The van der Waals surface area contributed by atoms with Crippen molar-refractivity contribution in [3.8, 4) is 0 Å². The Morgan fingerprint density at radius 2 is 2.35 bits per heavy atom. The fraction of sp³-hybridized carbons (Fsp3) is 0.462. The average molecular weight is 312 g/mol. The van der Waals surface area contributed by atoms with Gasteiger partial charge in [0.1, 0.15) is 4.83 Å². The number of ether oxygens (including phenoxy) is 1. The molecule has 0 amide bonds. The van der Waals surface area contributed by atoms with Gasteiger partial charge in [0.15, 0.2) is 5.16 Å². The second-order valence-corrected chi connectivity index (χ2v) is 6.51. The number of H-pyrrole nitrogens is 1. The predicted molar refractivity (Wildman–Crippen MR) is 81.6 cm³/mol. The molecule has 2 rings (SSSR count). The molecular formula is C13H16N2O3S2. The molecule has 0 aliphatic rings. The quantitative estimate of drug-likeness (QED) is 0.384. The number of rotatable bonds is 6. The molecule has 0 atom stereocenters. The Morgan fingerprint density at radius 3 is 3.10 bits per heavy atom. The number of fused-ring (bicyclic) bond motifs is 1. The number of carbonyl (C=O) groups is 1. The van der Waals surface area contributed by atoms with Crippen LogP contribution < -0.4 is 5.56 Å². The first-order valence-electron chi connectivity index (χ1n) is 6.39. The summed E-state index contributed by atoms with van der Waals surface area (Å²) in [6.07, 6.45) is 1.86. The number of aromatic amines is 1. The summed E-state index contributed by atoms with van der Waals surface area (Å²) in [6, 6.07) is 1.82. The zero-order chi connectivity index (χ0) is 14.5. The highest BCUT2D eigenvalue weighted by molar-refractivity contribution is 7.99. The molecule has 0 aliphatic carbocycles. The molecule has 20 heavy (non-hydrogen) atoms. The van der Waals surface area contributed by atoms with Gasteiger partial charge >= 0.3 is 5.97 Å². The van der Waals surface area contributed by atoms with Gasteiger partial charge in [0.05, 0.1) is 17.7 Å². The largest absolute Gasteiger partial charge is 0.465 e. The van der Waals surface area contributed by atoms with Gasteiger partial charge in [-0.3, -0.25) is 9.59 Å². The highest BCUT2D eigenvalue weighted by Gasteiger charge is 2.10. The van der Waals surface area contributed by atoms with Crippen molar-refractivity contribution in [1.82, 2.24) is 9.97 Å². The topological polar surface area (TPSA) is 72.0 Å². The first-order valence-corrected chi connectivity index (χ1v) is 8.19. The first kappa shape index (κ1) is 15.1. The molecule has 1 N–H and O–H groups in total. The molecule has 0 bridgehead atoms. The van der Waals surface area contributed by atoms with Crippen molar-refractivity contribution < 1.29 is 9.53 Å². The van der Waals surface area contributed by atoms with Gasteiger partial charge in [-0.2, -0.15) is 0 Å². The maximum Gasteiger partial charge on any atom is 0.316 e. The molecule has 0 fully saturated rings. The number of thioether (sulfide) groups is 1. The first-order chi connectivity index (χ1) is 9.60. The number of carbonyl (C=O) groups excluding carboxylic acids is 1. The summed E-state index contributed by atoms with van der Waals surface area (Å²) >= 11 is 2.66. The maximum atomic E-state index is 11.9. The van der Waals surface area contributed by atoms with Crippen LogP contribution >= 0.6 is 23.1 Å². The Morgan fingerprint density at radius 1 is 1.55 bits per heavy atom. The van der Waals surface area contributed by atoms with E-state index in [9.17, 15) is 9.59 Å². The predicted octanol–water partition coefficient (Wildman–Crippen LogP) is 2.73. The minimum absolute atomic E-state index is 0.155. The summed E-state index contributed by atoms with van der Waals surface area (Å²) in [5.74, 6) is -0.128. The van der Waals surface area contributed by atoms with E-state index in [4.69, 9.17) is 4.74 Å². The number of aromatic nitrogens is 2. The van der Waals surface area contributed by atoms with E-state index in [1.54, 1.807) is 0 Å². The van der Waals surface area contributed by atoms with Crippen molar-refractivity contribution in [3.05, 3.63) is 21.3 Å². The highest BCUT2D eigenvalue weighted by atomic mass is 32.2. The molecule has 108 valence electrons. The monoisotopic (exact) mass is 312 g/mol. The van der Waals surface area contributed by atoms with E-state index in [0.29, 0.717) is 22.0 Å². The van der Waals surface area contributed by atoms with Gasteiger partial charge < -0.3 is 9.72 Å². The third-order valence-electron chi connectivity index (χ3n) is 2.59. The molecular weight excluding hydrogens is 296 g/mol. The van der Waals surface area contributed by atoms with E-state index in [1.807, 2.05) is 19.9 Å².